The number of benzene rings is 2. The highest BCUT2D eigenvalue weighted by molar-refractivity contribution is 5.90. The first-order chi connectivity index (χ1) is 9.17. The maximum absolute atomic E-state index is 10.9. The van der Waals surface area contributed by atoms with Gasteiger partial charge in [-0.05, 0) is 24.3 Å². The van der Waals surface area contributed by atoms with Crippen molar-refractivity contribution in [3.05, 3.63) is 53.6 Å². The number of carbonyl (C=O) groups is 1. The van der Waals surface area contributed by atoms with Gasteiger partial charge in [0, 0.05) is 11.1 Å². The third-order valence-electron chi connectivity index (χ3n) is 2.79. The summed E-state index contributed by atoms with van der Waals surface area (Å²) in [6.45, 7) is 0. The van der Waals surface area contributed by atoms with Gasteiger partial charge in [0.25, 0.3) is 0 Å². The number of nitriles is 1. The van der Waals surface area contributed by atoms with Crippen LogP contribution in [0.2, 0.25) is 0 Å². The number of ether oxygens (including phenoxy) is 1. The van der Waals surface area contributed by atoms with Gasteiger partial charge in [-0.15, -0.1) is 0 Å². The van der Waals surface area contributed by atoms with Crippen LogP contribution in [0.4, 0.5) is 0 Å². The minimum absolute atomic E-state index is 0.148. The van der Waals surface area contributed by atoms with E-state index in [9.17, 15) is 4.79 Å². The molecule has 0 aliphatic heterocycles. The van der Waals surface area contributed by atoms with Gasteiger partial charge in [0.05, 0.1) is 24.3 Å². The van der Waals surface area contributed by atoms with Gasteiger partial charge < -0.3 is 9.84 Å². The standard InChI is InChI=1S/C15H11NO3/c1-19-14-8-10(15(17)18)6-7-13(14)12-5-3-2-4-11(12)9-16/h2-8H,1H3,(H,17,18). The van der Waals surface area contributed by atoms with Gasteiger partial charge in [-0.1, -0.05) is 18.2 Å². The molecule has 0 heterocycles. The summed E-state index contributed by atoms with van der Waals surface area (Å²) in [5.41, 5.74) is 2.09. The third kappa shape index (κ3) is 2.40. The molecule has 19 heavy (non-hydrogen) atoms. The maximum atomic E-state index is 10.9. The fourth-order valence-corrected chi connectivity index (χ4v) is 1.86. The minimum Gasteiger partial charge on any atom is -0.496 e. The van der Waals surface area contributed by atoms with Gasteiger partial charge in [0.1, 0.15) is 5.75 Å². The lowest BCUT2D eigenvalue weighted by Crippen LogP contribution is -1.98. The van der Waals surface area contributed by atoms with Gasteiger partial charge in [-0.2, -0.15) is 5.26 Å². The summed E-state index contributed by atoms with van der Waals surface area (Å²) in [5, 5.41) is 18.1. The number of hydrogen-bond donors (Lipinski definition) is 1. The molecule has 0 saturated heterocycles. The largest absolute Gasteiger partial charge is 0.496 e. The lowest BCUT2D eigenvalue weighted by Gasteiger charge is -2.10. The van der Waals surface area contributed by atoms with E-state index in [0.717, 1.165) is 5.56 Å². The van der Waals surface area contributed by atoms with Crippen molar-refractivity contribution in [1.82, 2.24) is 0 Å². The molecule has 1 N–H and O–H groups in total. The topological polar surface area (TPSA) is 70.3 Å². The molecule has 0 fully saturated rings. The number of carboxylic acid groups (broad SMARTS) is 1. The van der Waals surface area contributed by atoms with Gasteiger partial charge in [0.2, 0.25) is 0 Å². The second-order valence-corrected chi connectivity index (χ2v) is 3.88. The Morgan fingerprint density at radius 1 is 1.21 bits per heavy atom. The molecule has 0 unspecified atom stereocenters. The quantitative estimate of drug-likeness (QED) is 0.912. The number of rotatable bonds is 3. The van der Waals surface area contributed by atoms with E-state index in [4.69, 9.17) is 15.1 Å². The van der Waals surface area contributed by atoms with E-state index < -0.39 is 5.97 Å². The molecule has 0 aliphatic rings. The molecule has 4 heteroatoms. The predicted octanol–water partition coefficient (Wildman–Crippen LogP) is 2.93. The van der Waals surface area contributed by atoms with E-state index in [1.807, 2.05) is 6.07 Å². The van der Waals surface area contributed by atoms with Crippen LogP contribution in [0.5, 0.6) is 5.75 Å². The molecule has 0 radical (unpaired) electrons. The smallest absolute Gasteiger partial charge is 0.335 e. The van der Waals surface area contributed by atoms with Crippen LogP contribution in [0.3, 0.4) is 0 Å². The summed E-state index contributed by atoms with van der Waals surface area (Å²) < 4.78 is 5.22. The Morgan fingerprint density at radius 3 is 2.58 bits per heavy atom. The summed E-state index contributed by atoms with van der Waals surface area (Å²) >= 11 is 0. The van der Waals surface area contributed by atoms with Crippen LogP contribution in [0.15, 0.2) is 42.5 Å². The zero-order valence-corrected chi connectivity index (χ0v) is 10.3. The molecule has 0 spiro atoms. The summed E-state index contributed by atoms with van der Waals surface area (Å²) in [4.78, 5) is 10.9. The van der Waals surface area contributed by atoms with Crippen molar-refractivity contribution in [3.63, 3.8) is 0 Å². The molecule has 4 nitrogen and oxygen atoms in total. The fourth-order valence-electron chi connectivity index (χ4n) is 1.86. The van der Waals surface area contributed by atoms with Crippen molar-refractivity contribution >= 4 is 5.97 Å². The lowest BCUT2D eigenvalue weighted by atomic mass is 9.98. The van der Waals surface area contributed by atoms with Crippen LogP contribution in [-0.4, -0.2) is 18.2 Å². The Labute approximate surface area is 110 Å². The summed E-state index contributed by atoms with van der Waals surface area (Å²) in [5.74, 6) is -0.582. The average molecular weight is 253 g/mol. The molecule has 0 bridgehead atoms. The van der Waals surface area contributed by atoms with E-state index in [0.29, 0.717) is 16.9 Å². The lowest BCUT2D eigenvalue weighted by molar-refractivity contribution is 0.0696. The normalized spacial score (nSPS) is 9.68. The van der Waals surface area contributed by atoms with Gasteiger partial charge in [-0.3, -0.25) is 0 Å². The van der Waals surface area contributed by atoms with E-state index in [2.05, 4.69) is 6.07 Å². The van der Waals surface area contributed by atoms with Crippen LogP contribution in [0.1, 0.15) is 15.9 Å². The van der Waals surface area contributed by atoms with E-state index in [1.165, 1.54) is 19.2 Å². The molecule has 2 aromatic rings. The summed E-state index contributed by atoms with van der Waals surface area (Å²) in [7, 11) is 1.47. The molecule has 0 aliphatic carbocycles. The van der Waals surface area contributed by atoms with Gasteiger partial charge in [0.15, 0.2) is 0 Å². The Kier molecular flexibility index (Phi) is 3.48. The molecule has 0 atom stereocenters. The highest BCUT2D eigenvalue weighted by atomic mass is 16.5. The molecular formula is C15H11NO3. The number of carboxylic acids is 1. The molecule has 0 amide bonds. The summed E-state index contributed by atoms with van der Waals surface area (Å²) in [6.07, 6.45) is 0. The first kappa shape index (κ1) is 12.7. The Balaban J connectivity index is 2.63. The Morgan fingerprint density at radius 2 is 1.95 bits per heavy atom. The second kappa shape index (κ2) is 5.23. The Hall–Kier alpha value is -2.80. The highest BCUT2D eigenvalue weighted by Gasteiger charge is 2.12. The van der Waals surface area contributed by atoms with Crippen molar-refractivity contribution in [2.24, 2.45) is 0 Å². The van der Waals surface area contributed by atoms with Gasteiger partial charge in [-0.25, -0.2) is 4.79 Å². The van der Waals surface area contributed by atoms with Crippen molar-refractivity contribution < 1.29 is 14.6 Å². The SMILES string of the molecule is COc1cc(C(=O)O)ccc1-c1ccccc1C#N. The maximum Gasteiger partial charge on any atom is 0.335 e. The van der Waals surface area contributed by atoms with E-state index in [-0.39, 0.29) is 5.56 Å². The second-order valence-electron chi connectivity index (χ2n) is 3.88. The number of methoxy groups -OCH3 is 1. The number of nitrogens with zero attached hydrogens (tertiary/aromatic N) is 1. The first-order valence-electron chi connectivity index (χ1n) is 5.58. The highest BCUT2D eigenvalue weighted by Crippen LogP contribution is 2.32. The van der Waals surface area contributed by atoms with Crippen LogP contribution in [-0.2, 0) is 0 Å². The zero-order valence-electron chi connectivity index (χ0n) is 10.3. The predicted molar refractivity (Wildman–Crippen MR) is 70.1 cm³/mol. The third-order valence-corrected chi connectivity index (χ3v) is 2.79. The minimum atomic E-state index is -1.02. The van der Waals surface area contributed by atoms with Crippen LogP contribution in [0.25, 0.3) is 11.1 Å². The first-order valence-corrected chi connectivity index (χ1v) is 5.58. The van der Waals surface area contributed by atoms with E-state index in [1.54, 1.807) is 24.3 Å². The molecular weight excluding hydrogens is 242 g/mol. The molecule has 0 aromatic heterocycles. The van der Waals surface area contributed by atoms with E-state index >= 15 is 0 Å². The molecule has 94 valence electrons. The van der Waals surface area contributed by atoms with Crippen LogP contribution in [0, 0.1) is 11.3 Å². The van der Waals surface area contributed by atoms with Gasteiger partial charge >= 0.3 is 5.97 Å². The summed E-state index contributed by atoms with van der Waals surface area (Å²) in [6, 6.07) is 13.8. The van der Waals surface area contributed by atoms with Crippen LogP contribution >= 0.6 is 0 Å². The van der Waals surface area contributed by atoms with Crippen molar-refractivity contribution in [1.29, 1.82) is 5.26 Å². The molecule has 2 aromatic carbocycles. The molecule has 0 saturated carbocycles. The number of aromatic carboxylic acids is 1. The number of hydrogen-bond acceptors (Lipinski definition) is 3. The average Bonchev–Trinajstić information content (AvgIpc) is 2.46. The Bertz CT molecular complexity index is 671. The van der Waals surface area contributed by atoms with Crippen molar-refractivity contribution in [2.75, 3.05) is 7.11 Å². The fraction of sp³-hybridized carbons (Fsp3) is 0.0667. The van der Waals surface area contributed by atoms with Crippen molar-refractivity contribution in [3.8, 4) is 22.9 Å². The monoisotopic (exact) mass is 253 g/mol. The zero-order chi connectivity index (χ0) is 13.8. The molecule has 2 rings (SSSR count). The van der Waals surface area contributed by atoms with Crippen molar-refractivity contribution in [2.45, 2.75) is 0 Å². The van der Waals surface area contributed by atoms with Crippen LogP contribution < -0.4 is 4.74 Å².